The fourth-order valence-electron chi connectivity index (χ4n) is 10.2. The monoisotopic (exact) mass is 1120 g/mol. The molecule has 5 rings (SSSR count). The largest absolute Gasteiger partial charge is 0.451 e. The molecule has 3 saturated heterocycles. The van der Waals surface area contributed by atoms with Crippen LogP contribution in [0.25, 0.3) is 0 Å². The Balaban J connectivity index is 1.59. The number of cyclic esters (lactones) is 4. The molecule has 8 atom stereocenters. The molecule has 0 saturated carbocycles. The number of hydrogen-bond donors (Lipinski definition) is 0. The van der Waals surface area contributed by atoms with Gasteiger partial charge in [0.1, 0.15) is 24.2 Å². The Labute approximate surface area is 474 Å². The number of anilines is 2. The molecule has 20 heteroatoms. The number of morpholine rings is 2. The zero-order valence-corrected chi connectivity index (χ0v) is 49.8. The smallest absolute Gasteiger partial charge is 0.329 e. The Hall–Kier alpha value is -6.28. The van der Waals surface area contributed by atoms with Crippen molar-refractivity contribution in [3.05, 3.63) is 59.7 Å². The van der Waals surface area contributed by atoms with Crippen LogP contribution in [0.15, 0.2) is 48.5 Å². The standard InChI is InChI=1S/C60H90N6O14/c1-37(2)31-47-57(71)77-41(9)53(67)61(11)50(34-40(7)8)60(74)80-52(36-44-17-21-46(22-18-44)66-25-29-76-30-26-66)56(70)64(14)48(32-38(3)4)58(72)78-42(10)54(68)62(12)49(33-39(5)6)59(73)79-51(55(69)63(47)13)35-43-15-19-45(20-16-43)65-23-27-75-28-24-65/h15-22,37-42,47-52H,23-36H2,1-14H3/t41-,42-,47+,48+,49+,50+,51-,52-/m1/s1. The van der Waals surface area contributed by atoms with E-state index in [9.17, 15) is 38.4 Å². The van der Waals surface area contributed by atoms with Gasteiger partial charge < -0.3 is 57.8 Å². The second-order valence-electron chi connectivity index (χ2n) is 23.3. The molecule has 2 aromatic carbocycles. The summed E-state index contributed by atoms with van der Waals surface area (Å²) in [6, 6.07) is 9.92. The fraction of sp³-hybridized carbons (Fsp3) is 0.667. The number of likely N-dealkylation sites (N-methyl/N-ethyl adjacent to an activating group) is 4. The summed E-state index contributed by atoms with van der Waals surface area (Å²) in [5, 5.41) is 0. The lowest BCUT2D eigenvalue weighted by molar-refractivity contribution is -0.176. The second kappa shape index (κ2) is 30.0. The van der Waals surface area contributed by atoms with E-state index in [2.05, 4.69) is 9.80 Å². The first-order valence-corrected chi connectivity index (χ1v) is 28.5. The van der Waals surface area contributed by atoms with Gasteiger partial charge in [0.15, 0.2) is 24.4 Å². The minimum absolute atomic E-state index is 0.0939. The Morgan fingerprint density at radius 1 is 0.388 bits per heavy atom. The Morgan fingerprint density at radius 2 is 0.637 bits per heavy atom. The number of carbonyl (C=O) groups excluding carboxylic acids is 8. The number of amides is 4. The van der Waals surface area contributed by atoms with E-state index in [1.807, 2.05) is 104 Å². The zero-order chi connectivity index (χ0) is 59.1. The zero-order valence-electron chi connectivity index (χ0n) is 49.8. The molecule has 3 aliphatic rings. The van der Waals surface area contributed by atoms with Crippen LogP contribution in [0.1, 0.15) is 106 Å². The molecule has 0 radical (unpaired) electrons. The average Bonchev–Trinajstić information content (AvgIpc) is 3.44. The number of hydrogen-bond acceptors (Lipinski definition) is 16. The third kappa shape index (κ3) is 17.9. The van der Waals surface area contributed by atoms with Crippen LogP contribution in [0.4, 0.5) is 11.4 Å². The quantitative estimate of drug-likeness (QED) is 0.173. The van der Waals surface area contributed by atoms with Crippen molar-refractivity contribution < 1.29 is 66.8 Å². The van der Waals surface area contributed by atoms with E-state index >= 15 is 0 Å². The van der Waals surface area contributed by atoms with E-state index in [1.165, 1.54) is 51.8 Å². The van der Waals surface area contributed by atoms with Crippen molar-refractivity contribution in [2.75, 3.05) is 90.6 Å². The predicted octanol–water partition coefficient (Wildman–Crippen LogP) is 5.34. The second-order valence-corrected chi connectivity index (χ2v) is 23.3. The normalized spacial score (nSPS) is 25.6. The minimum Gasteiger partial charge on any atom is -0.451 e. The molecule has 3 aliphatic heterocycles. The molecule has 0 unspecified atom stereocenters. The average molecular weight is 1120 g/mol. The van der Waals surface area contributed by atoms with Crippen molar-refractivity contribution >= 4 is 58.9 Å². The number of ether oxygens (including phenoxy) is 6. The van der Waals surface area contributed by atoms with Gasteiger partial charge in [0, 0.05) is 78.6 Å². The fourth-order valence-corrected chi connectivity index (χ4v) is 10.2. The van der Waals surface area contributed by atoms with Crippen LogP contribution in [-0.4, -0.2) is 196 Å². The van der Waals surface area contributed by atoms with Gasteiger partial charge in [-0.2, -0.15) is 0 Å². The van der Waals surface area contributed by atoms with Gasteiger partial charge in [0.2, 0.25) is 0 Å². The maximum absolute atomic E-state index is 15.0. The highest BCUT2D eigenvalue weighted by molar-refractivity contribution is 5.94. The van der Waals surface area contributed by atoms with E-state index in [0.29, 0.717) is 63.7 Å². The van der Waals surface area contributed by atoms with Crippen molar-refractivity contribution in [3.8, 4) is 0 Å². The summed E-state index contributed by atoms with van der Waals surface area (Å²) in [7, 11) is 5.61. The van der Waals surface area contributed by atoms with Gasteiger partial charge in [-0.3, -0.25) is 19.2 Å². The molecule has 3 fully saturated rings. The van der Waals surface area contributed by atoms with Crippen LogP contribution in [0.5, 0.6) is 0 Å². The van der Waals surface area contributed by atoms with Crippen molar-refractivity contribution in [2.24, 2.45) is 23.7 Å². The maximum atomic E-state index is 15.0. The number of benzene rings is 2. The van der Waals surface area contributed by atoms with Gasteiger partial charge in [-0.25, -0.2) is 19.2 Å². The highest BCUT2D eigenvalue weighted by Gasteiger charge is 2.43. The molecule has 0 aliphatic carbocycles. The summed E-state index contributed by atoms with van der Waals surface area (Å²) in [6.07, 6.45) is -5.82. The van der Waals surface area contributed by atoms with Gasteiger partial charge in [-0.1, -0.05) is 79.7 Å². The number of rotatable bonds is 14. The lowest BCUT2D eigenvalue weighted by Gasteiger charge is -2.35. The number of carbonyl (C=O) groups is 8. The molecule has 4 amide bonds. The van der Waals surface area contributed by atoms with E-state index < -0.39 is 96.1 Å². The van der Waals surface area contributed by atoms with E-state index in [1.54, 1.807) is 0 Å². The van der Waals surface area contributed by atoms with Gasteiger partial charge in [0.05, 0.1) is 26.4 Å². The maximum Gasteiger partial charge on any atom is 0.329 e. The lowest BCUT2D eigenvalue weighted by atomic mass is 10.00. The summed E-state index contributed by atoms with van der Waals surface area (Å²) >= 11 is 0. The van der Waals surface area contributed by atoms with Crippen LogP contribution in [0, 0.1) is 23.7 Å². The third-order valence-electron chi connectivity index (χ3n) is 14.9. The van der Waals surface area contributed by atoms with Crippen molar-refractivity contribution in [1.82, 2.24) is 19.6 Å². The lowest BCUT2D eigenvalue weighted by Crippen LogP contribution is -2.55. The molecular formula is C60H90N6O14. The number of nitrogens with zero attached hydrogens (tertiary/aromatic N) is 6. The van der Waals surface area contributed by atoms with E-state index in [0.717, 1.165) is 21.2 Å². The topological polar surface area (TPSA) is 211 Å². The first-order valence-electron chi connectivity index (χ1n) is 28.5. The first kappa shape index (κ1) is 64.5. The highest BCUT2D eigenvalue weighted by Crippen LogP contribution is 2.26. The van der Waals surface area contributed by atoms with Crippen LogP contribution >= 0.6 is 0 Å². The highest BCUT2D eigenvalue weighted by atomic mass is 16.6. The SMILES string of the molecule is CC(C)C[C@H]1C(=O)O[C@H](Cc2ccc(N3CCOCC3)cc2)C(=O)N(C)[C@@H](CC(C)C)C(=O)O[C@H](C)C(=O)N(C)[C@@H](CC(C)C)C(=O)O[C@H](Cc2ccc(N3CCOCC3)cc2)C(=O)N(C)[C@@H](CC(C)C)C(=O)O[C@H](C)C(=O)N1C. The van der Waals surface area contributed by atoms with Crippen molar-refractivity contribution in [1.29, 1.82) is 0 Å². The van der Waals surface area contributed by atoms with Gasteiger partial charge in [-0.15, -0.1) is 0 Å². The molecule has 0 bridgehead atoms. The van der Waals surface area contributed by atoms with E-state index in [-0.39, 0.29) is 62.2 Å². The van der Waals surface area contributed by atoms with Gasteiger partial charge in [-0.05, 0) is 98.6 Å². The molecule has 0 aromatic heterocycles. The molecule has 20 nitrogen and oxygen atoms in total. The molecule has 0 N–H and O–H groups in total. The van der Waals surface area contributed by atoms with Crippen LogP contribution in [0.2, 0.25) is 0 Å². The molecule has 3 heterocycles. The third-order valence-corrected chi connectivity index (χ3v) is 14.9. The summed E-state index contributed by atoms with van der Waals surface area (Å²) in [4.78, 5) is 126. The van der Waals surface area contributed by atoms with E-state index in [4.69, 9.17) is 28.4 Å². The van der Waals surface area contributed by atoms with Crippen LogP contribution < -0.4 is 9.80 Å². The Morgan fingerprint density at radius 3 is 0.900 bits per heavy atom. The molecule has 80 heavy (non-hydrogen) atoms. The first-order chi connectivity index (χ1) is 37.8. The molecule has 2 aromatic rings. The Kier molecular flexibility index (Phi) is 24.2. The summed E-state index contributed by atoms with van der Waals surface area (Å²) < 4.78 is 35.3. The van der Waals surface area contributed by atoms with Gasteiger partial charge >= 0.3 is 23.9 Å². The summed E-state index contributed by atoms with van der Waals surface area (Å²) in [5.41, 5.74) is 3.17. The van der Waals surface area contributed by atoms with Crippen LogP contribution in [0.3, 0.4) is 0 Å². The van der Waals surface area contributed by atoms with Crippen molar-refractivity contribution in [3.63, 3.8) is 0 Å². The van der Waals surface area contributed by atoms with Crippen LogP contribution in [-0.2, 0) is 79.6 Å². The number of esters is 4. The minimum atomic E-state index is -1.51. The molecule has 444 valence electrons. The van der Waals surface area contributed by atoms with Gasteiger partial charge in [0.25, 0.3) is 23.6 Å². The Bertz CT molecular complexity index is 2220. The molecular weight excluding hydrogens is 1030 g/mol. The summed E-state index contributed by atoms with van der Waals surface area (Å²) in [6.45, 7) is 22.7. The summed E-state index contributed by atoms with van der Waals surface area (Å²) in [5.74, 6) is -7.28. The molecule has 0 spiro atoms. The van der Waals surface area contributed by atoms with Crippen molar-refractivity contribution in [2.45, 2.75) is 156 Å². The predicted molar refractivity (Wildman–Crippen MR) is 301 cm³/mol.